The first kappa shape index (κ1) is 14.4. The molecule has 0 saturated heterocycles. The first-order valence-electron chi connectivity index (χ1n) is 6.72. The van der Waals surface area contributed by atoms with Crippen molar-refractivity contribution in [2.75, 3.05) is 13.6 Å². The number of carbonyl (C=O) groups is 1. The molecular weight excluding hydrogens is 254 g/mol. The van der Waals surface area contributed by atoms with Crippen LogP contribution in [0.1, 0.15) is 26.3 Å². The summed E-state index contributed by atoms with van der Waals surface area (Å²) in [6.07, 6.45) is 4.21. The summed E-state index contributed by atoms with van der Waals surface area (Å²) in [6.45, 7) is 6.20. The molecule has 20 heavy (non-hydrogen) atoms. The molecule has 1 amide bonds. The van der Waals surface area contributed by atoms with E-state index in [1.54, 1.807) is 11.9 Å². The van der Waals surface area contributed by atoms with E-state index in [-0.39, 0.29) is 6.09 Å². The summed E-state index contributed by atoms with van der Waals surface area (Å²) in [4.78, 5) is 13.5. The maximum atomic E-state index is 11.9. The highest BCUT2D eigenvalue weighted by Gasteiger charge is 2.19. The van der Waals surface area contributed by atoms with Gasteiger partial charge in [0, 0.05) is 19.8 Å². The van der Waals surface area contributed by atoms with Crippen molar-refractivity contribution in [1.29, 1.82) is 0 Å². The van der Waals surface area contributed by atoms with Gasteiger partial charge in [-0.1, -0.05) is 6.07 Å². The highest BCUT2D eigenvalue weighted by molar-refractivity contribution is 5.67. The zero-order valence-corrected chi connectivity index (χ0v) is 12.5. The second-order valence-corrected chi connectivity index (χ2v) is 5.85. The van der Waals surface area contributed by atoms with Gasteiger partial charge in [0.15, 0.2) is 0 Å². The maximum absolute atomic E-state index is 11.9. The number of hydrogen-bond donors (Lipinski definition) is 0. The van der Waals surface area contributed by atoms with Crippen LogP contribution in [-0.2, 0) is 11.2 Å². The molecule has 0 aromatic carbocycles. The maximum Gasteiger partial charge on any atom is 0.410 e. The summed E-state index contributed by atoms with van der Waals surface area (Å²) in [5.74, 6) is 0. The van der Waals surface area contributed by atoms with Gasteiger partial charge in [-0.15, -0.1) is 0 Å². The minimum atomic E-state index is -0.463. The molecule has 2 heterocycles. The smallest absolute Gasteiger partial charge is 0.410 e. The van der Waals surface area contributed by atoms with Gasteiger partial charge in [0.2, 0.25) is 0 Å². The quantitative estimate of drug-likeness (QED) is 0.865. The van der Waals surface area contributed by atoms with Crippen LogP contribution in [0.4, 0.5) is 4.79 Å². The minimum absolute atomic E-state index is 0.297. The Morgan fingerprint density at radius 2 is 2.15 bits per heavy atom. The Kier molecular flexibility index (Phi) is 3.97. The first-order chi connectivity index (χ1) is 9.37. The molecule has 0 aliphatic rings. The van der Waals surface area contributed by atoms with Crippen LogP contribution in [0.15, 0.2) is 30.6 Å². The fourth-order valence-corrected chi connectivity index (χ4v) is 1.90. The molecule has 2 rings (SSSR count). The molecule has 0 fully saturated rings. The molecule has 0 spiro atoms. The topological polar surface area (TPSA) is 46.8 Å². The predicted octanol–water partition coefficient (Wildman–Crippen LogP) is 2.74. The Hall–Kier alpha value is -2.04. The second kappa shape index (κ2) is 5.53. The van der Waals surface area contributed by atoms with Gasteiger partial charge >= 0.3 is 6.09 Å². The Balaban J connectivity index is 1.96. The van der Waals surface area contributed by atoms with Crippen molar-refractivity contribution in [3.63, 3.8) is 0 Å². The molecule has 0 aliphatic heterocycles. The number of nitrogens with zero attached hydrogens (tertiary/aromatic N) is 3. The Bertz CT molecular complexity index is 598. The zero-order chi connectivity index (χ0) is 14.8. The van der Waals surface area contributed by atoms with Crippen LogP contribution < -0.4 is 0 Å². The largest absolute Gasteiger partial charge is 0.444 e. The lowest BCUT2D eigenvalue weighted by molar-refractivity contribution is 0.0301. The van der Waals surface area contributed by atoms with Crippen molar-refractivity contribution in [1.82, 2.24) is 14.5 Å². The molecule has 5 nitrogen and oxygen atoms in total. The average Bonchev–Trinajstić information content (AvgIpc) is 2.77. The Morgan fingerprint density at radius 3 is 2.85 bits per heavy atom. The van der Waals surface area contributed by atoms with E-state index in [0.717, 1.165) is 17.5 Å². The average molecular weight is 275 g/mol. The van der Waals surface area contributed by atoms with Crippen molar-refractivity contribution >= 4 is 11.6 Å². The molecule has 108 valence electrons. The number of pyridine rings is 1. The van der Waals surface area contributed by atoms with Gasteiger partial charge in [0.25, 0.3) is 0 Å². The predicted molar refractivity (Wildman–Crippen MR) is 77.8 cm³/mol. The highest BCUT2D eigenvalue weighted by atomic mass is 16.6. The molecule has 0 saturated carbocycles. The summed E-state index contributed by atoms with van der Waals surface area (Å²) >= 11 is 0. The SMILES string of the molecule is CN(CCc1cnn2ccccc12)C(=O)OC(C)(C)C. The number of ether oxygens (including phenoxy) is 1. The molecule has 2 aromatic heterocycles. The first-order valence-corrected chi connectivity index (χ1v) is 6.72. The van der Waals surface area contributed by atoms with E-state index < -0.39 is 5.60 Å². The van der Waals surface area contributed by atoms with Crippen molar-refractivity contribution < 1.29 is 9.53 Å². The molecule has 2 aromatic rings. The highest BCUT2D eigenvalue weighted by Crippen LogP contribution is 2.12. The molecule has 5 heteroatoms. The summed E-state index contributed by atoms with van der Waals surface area (Å²) < 4.78 is 7.16. The van der Waals surface area contributed by atoms with E-state index in [9.17, 15) is 4.79 Å². The minimum Gasteiger partial charge on any atom is -0.444 e. The van der Waals surface area contributed by atoms with Crippen molar-refractivity contribution in [2.45, 2.75) is 32.8 Å². The summed E-state index contributed by atoms with van der Waals surface area (Å²) in [6, 6.07) is 5.95. The Labute approximate surface area is 119 Å². The molecule has 0 unspecified atom stereocenters. The lowest BCUT2D eigenvalue weighted by atomic mass is 10.2. The lowest BCUT2D eigenvalue weighted by Crippen LogP contribution is -2.35. The Morgan fingerprint density at radius 1 is 1.40 bits per heavy atom. The van der Waals surface area contributed by atoms with E-state index in [4.69, 9.17) is 4.74 Å². The lowest BCUT2D eigenvalue weighted by Gasteiger charge is -2.24. The van der Waals surface area contributed by atoms with Crippen LogP contribution in [0.25, 0.3) is 5.52 Å². The van der Waals surface area contributed by atoms with Crippen molar-refractivity contribution in [3.8, 4) is 0 Å². The van der Waals surface area contributed by atoms with Crippen LogP contribution in [0.2, 0.25) is 0 Å². The van der Waals surface area contributed by atoms with Crippen molar-refractivity contribution in [3.05, 3.63) is 36.2 Å². The van der Waals surface area contributed by atoms with Gasteiger partial charge < -0.3 is 9.64 Å². The summed E-state index contributed by atoms with van der Waals surface area (Å²) in [5, 5.41) is 4.28. The summed E-state index contributed by atoms with van der Waals surface area (Å²) in [5.41, 5.74) is 1.74. The standard InChI is InChI=1S/C15H21N3O2/c1-15(2,3)20-14(19)17(4)10-8-12-11-16-18-9-6-5-7-13(12)18/h5-7,9,11H,8,10H2,1-4H3. The number of hydrogen-bond acceptors (Lipinski definition) is 3. The van der Waals surface area contributed by atoms with Crippen LogP contribution in [-0.4, -0.2) is 39.8 Å². The van der Waals surface area contributed by atoms with Crippen molar-refractivity contribution in [2.24, 2.45) is 0 Å². The van der Waals surface area contributed by atoms with Crippen LogP contribution in [0, 0.1) is 0 Å². The van der Waals surface area contributed by atoms with Crippen LogP contribution >= 0.6 is 0 Å². The van der Waals surface area contributed by atoms with Crippen LogP contribution in [0.5, 0.6) is 0 Å². The summed E-state index contributed by atoms with van der Waals surface area (Å²) in [7, 11) is 1.75. The van der Waals surface area contributed by atoms with Gasteiger partial charge in [-0.25, -0.2) is 9.31 Å². The van der Waals surface area contributed by atoms with Crippen LogP contribution in [0.3, 0.4) is 0 Å². The van der Waals surface area contributed by atoms with Gasteiger partial charge in [-0.05, 0) is 44.9 Å². The number of fused-ring (bicyclic) bond motifs is 1. The third-order valence-electron chi connectivity index (χ3n) is 2.93. The number of aromatic nitrogens is 2. The van der Waals surface area contributed by atoms with Gasteiger partial charge in [-0.3, -0.25) is 0 Å². The number of amides is 1. The molecule has 0 radical (unpaired) electrons. The van der Waals surface area contributed by atoms with E-state index in [2.05, 4.69) is 5.10 Å². The number of rotatable bonds is 3. The van der Waals surface area contributed by atoms with E-state index in [1.165, 1.54) is 0 Å². The fraction of sp³-hybridized carbons (Fsp3) is 0.467. The van der Waals surface area contributed by atoms with Gasteiger partial charge in [0.05, 0.1) is 11.7 Å². The monoisotopic (exact) mass is 275 g/mol. The van der Waals surface area contributed by atoms with E-state index in [0.29, 0.717) is 6.54 Å². The number of likely N-dealkylation sites (N-methyl/N-ethyl adjacent to an activating group) is 1. The fourth-order valence-electron chi connectivity index (χ4n) is 1.90. The third-order valence-corrected chi connectivity index (χ3v) is 2.93. The van der Waals surface area contributed by atoms with Gasteiger partial charge in [0.1, 0.15) is 5.60 Å². The zero-order valence-electron chi connectivity index (χ0n) is 12.5. The molecule has 0 aliphatic carbocycles. The molecule has 0 atom stereocenters. The normalized spacial score (nSPS) is 11.6. The molecule has 0 bridgehead atoms. The third kappa shape index (κ3) is 3.50. The van der Waals surface area contributed by atoms with E-state index >= 15 is 0 Å². The van der Waals surface area contributed by atoms with Gasteiger partial charge in [-0.2, -0.15) is 5.10 Å². The molecule has 0 N–H and O–H groups in total. The number of carbonyl (C=O) groups excluding carboxylic acids is 1. The molecular formula is C15H21N3O2. The van der Waals surface area contributed by atoms with E-state index in [1.807, 2.05) is 55.9 Å². The second-order valence-electron chi connectivity index (χ2n) is 5.85.